The summed E-state index contributed by atoms with van der Waals surface area (Å²) < 4.78 is 30.5. The first-order chi connectivity index (χ1) is 18.8. The van der Waals surface area contributed by atoms with E-state index in [0.29, 0.717) is 48.0 Å². The number of hydrogen-bond donors (Lipinski definition) is 4. The molecule has 13 heteroatoms. The Kier molecular flexibility index (Phi) is 9.17. The summed E-state index contributed by atoms with van der Waals surface area (Å²) in [6.07, 6.45) is 1.26. The molecule has 4 rings (SSSR count). The first-order valence-electron chi connectivity index (χ1n) is 12.4. The molecular weight excluding hydrogens is 511 g/mol. The Balaban J connectivity index is 1.55. The quantitative estimate of drug-likeness (QED) is 0.251. The van der Waals surface area contributed by atoms with Crippen LogP contribution in [0.1, 0.15) is 31.9 Å². The number of carboxylic acids is 1. The van der Waals surface area contributed by atoms with E-state index >= 15 is 0 Å². The standard InChI is InChI=1S/C26H31FN6O6/c1-26(24(36)28-10-3-13-37-2)14-38-23(39-15-26)22-32-20(16-4-6-17(27)7-5-16)21(33-22)18-8-11-29-25(31-18)30-12-9-19(34)35/h4-8,11,23H,3,9-10,12-15H2,1-2H3,(H,28,36)(H,32,33)(H,34,35)(H,29,30,31). The summed E-state index contributed by atoms with van der Waals surface area (Å²) in [6.45, 7) is 3.18. The number of hydrogen-bond acceptors (Lipinski definition) is 9. The van der Waals surface area contributed by atoms with E-state index < -0.39 is 17.7 Å². The van der Waals surface area contributed by atoms with E-state index in [9.17, 15) is 14.0 Å². The Morgan fingerprint density at radius 1 is 1.18 bits per heavy atom. The van der Waals surface area contributed by atoms with Gasteiger partial charge in [0.2, 0.25) is 18.1 Å². The number of nitrogens with zero attached hydrogens (tertiary/aromatic N) is 3. The SMILES string of the molecule is COCCCNC(=O)C1(C)COC(c2nc(-c3ccc(F)cc3)c(-c3ccnc(NCCC(=O)O)n3)[nH]2)OC1. The number of H-pyrrole nitrogens is 1. The van der Waals surface area contributed by atoms with Crippen LogP contribution in [0.5, 0.6) is 0 Å². The number of carboxylic acid groups (broad SMARTS) is 1. The number of nitrogens with one attached hydrogen (secondary N) is 3. The van der Waals surface area contributed by atoms with E-state index in [-0.39, 0.29) is 43.9 Å². The highest BCUT2D eigenvalue weighted by Gasteiger charge is 2.40. The minimum atomic E-state index is -0.942. The number of benzene rings is 1. The number of anilines is 1. The van der Waals surface area contributed by atoms with Gasteiger partial charge in [-0.25, -0.2) is 19.3 Å². The average molecular weight is 543 g/mol. The van der Waals surface area contributed by atoms with Crippen molar-refractivity contribution in [2.45, 2.75) is 26.1 Å². The number of halogens is 1. The third-order valence-electron chi connectivity index (χ3n) is 6.06. The fraction of sp³-hybridized carbons (Fsp3) is 0.423. The Morgan fingerprint density at radius 3 is 2.62 bits per heavy atom. The van der Waals surface area contributed by atoms with Crippen LogP contribution in [-0.4, -0.2) is 76.9 Å². The minimum Gasteiger partial charge on any atom is -0.481 e. The fourth-order valence-corrected chi connectivity index (χ4v) is 3.90. The lowest BCUT2D eigenvalue weighted by atomic mass is 9.91. The molecule has 3 aromatic rings. The van der Waals surface area contributed by atoms with Gasteiger partial charge >= 0.3 is 5.97 Å². The highest BCUT2D eigenvalue weighted by atomic mass is 19.1. The number of methoxy groups -OCH3 is 1. The van der Waals surface area contributed by atoms with Crippen LogP contribution in [0.15, 0.2) is 36.5 Å². The van der Waals surface area contributed by atoms with Gasteiger partial charge in [0.15, 0.2) is 5.82 Å². The lowest BCUT2D eigenvalue weighted by Crippen LogP contribution is -2.48. The normalized spacial score (nSPS) is 19.0. The Labute approximate surface area is 224 Å². The molecule has 1 aromatic carbocycles. The van der Waals surface area contributed by atoms with Gasteiger partial charge in [-0.3, -0.25) is 9.59 Å². The zero-order valence-electron chi connectivity index (χ0n) is 21.7. The van der Waals surface area contributed by atoms with Crippen molar-refractivity contribution in [1.29, 1.82) is 0 Å². The molecule has 1 aliphatic rings. The minimum absolute atomic E-state index is 0.0942. The number of carbonyl (C=O) groups excluding carboxylic acids is 1. The molecule has 12 nitrogen and oxygen atoms in total. The Hall–Kier alpha value is -3.94. The molecule has 4 N–H and O–H groups in total. The first-order valence-corrected chi connectivity index (χ1v) is 12.4. The van der Waals surface area contributed by atoms with E-state index in [2.05, 4.69) is 30.6 Å². The molecule has 1 fully saturated rings. The van der Waals surface area contributed by atoms with E-state index in [1.54, 1.807) is 32.2 Å². The molecule has 2 aromatic heterocycles. The van der Waals surface area contributed by atoms with Crippen molar-refractivity contribution in [3.05, 3.63) is 48.2 Å². The van der Waals surface area contributed by atoms with E-state index in [0.717, 1.165) is 0 Å². The van der Waals surface area contributed by atoms with Crippen molar-refractivity contribution in [1.82, 2.24) is 25.3 Å². The molecule has 0 radical (unpaired) electrons. The summed E-state index contributed by atoms with van der Waals surface area (Å²) in [5, 5.41) is 14.6. The number of carbonyl (C=O) groups is 2. The van der Waals surface area contributed by atoms with Crippen molar-refractivity contribution < 1.29 is 33.3 Å². The van der Waals surface area contributed by atoms with Gasteiger partial charge < -0.3 is 34.9 Å². The average Bonchev–Trinajstić information content (AvgIpc) is 3.37. The van der Waals surface area contributed by atoms with Crippen LogP contribution in [-0.2, 0) is 23.8 Å². The van der Waals surface area contributed by atoms with E-state index in [1.807, 2.05) is 0 Å². The van der Waals surface area contributed by atoms with Crippen LogP contribution < -0.4 is 10.6 Å². The van der Waals surface area contributed by atoms with E-state index in [4.69, 9.17) is 19.3 Å². The van der Waals surface area contributed by atoms with Crippen LogP contribution in [0.3, 0.4) is 0 Å². The third kappa shape index (κ3) is 7.13. The molecule has 3 heterocycles. The highest BCUT2D eigenvalue weighted by molar-refractivity contribution is 5.82. The second-order valence-corrected chi connectivity index (χ2v) is 9.31. The summed E-state index contributed by atoms with van der Waals surface area (Å²) in [5.74, 6) is -0.907. The first kappa shape index (κ1) is 28.1. The largest absolute Gasteiger partial charge is 0.481 e. The van der Waals surface area contributed by atoms with Crippen LogP contribution in [0, 0.1) is 11.2 Å². The number of ether oxygens (including phenoxy) is 3. The van der Waals surface area contributed by atoms with Crippen molar-refractivity contribution in [3.8, 4) is 22.6 Å². The van der Waals surface area contributed by atoms with Crippen LogP contribution in [0.2, 0.25) is 0 Å². The lowest BCUT2D eigenvalue weighted by Gasteiger charge is -2.35. The molecule has 0 bridgehead atoms. The van der Waals surface area contributed by atoms with Gasteiger partial charge in [-0.1, -0.05) is 0 Å². The Morgan fingerprint density at radius 2 is 1.92 bits per heavy atom. The molecule has 0 saturated carbocycles. The fourth-order valence-electron chi connectivity index (χ4n) is 3.90. The van der Waals surface area contributed by atoms with Gasteiger partial charge in [0.25, 0.3) is 0 Å². The molecule has 0 spiro atoms. The van der Waals surface area contributed by atoms with Gasteiger partial charge in [0, 0.05) is 38.6 Å². The number of rotatable bonds is 12. The zero-order valence-corrected chi connectivity index (χ0v) is 21.7. The number of aromatic amines is 1. The van der Waals surface area contributed by atoms with Crippen molar-refractivity contribution in [2.24, 2.45) is 5.41 Å². The zero-order chi connectivity index (χ0) is 27.8. The molecular formula is C26H31FN6O6. The highest BCUT2D eigenvalue weighted by Crippen LogP contribution is 2.35. The second kappa shape index (κ2) is 12.7. The summed E-state index contributed by atoms with van der Waals surface area (Å²) >= 11 is 0. The molecule has 0 unspecified atom stereocenters. The van der Waals surface area contributed by atoms with Gasteiger partial charge in [0.05, 0.1) is 42.1 Å². The molecule has 208 valence electrons. The Bertz CT molecular complexity index is 1280. The van der Waals surface area contributed by atoms with Crippen LogP contribution in [0.4, 0.5) is 10.3 Å². The van der Waals surface area contributed by atoms with Gasteiger partial charge in [-0.05, 0) is 43.7 Å². The molecule has 1 saturated heterocycles. The summed E-state index contributed by atoms with van der Waals surface area (Å²) in [5.41, 5.74) is 1.22. The van der Waals surface area contributed by atoms with Crippen molar-refractivity contribution in [3.63, 3.8) is 0 Å². The lowest BCUT2D eigenvalue weighted by molar-refractivity contribution is -0.231. The smallest absolute Gasteiger partial charge is 0.305 e. The number of amides is 1. The number of aromatic nitrogens is 4. The molecule has 1 amide bonds. The van der Waals surface area contributed by atoms with Gasteiger partial charge in [-0.15, -0.1) is 0 Å². The number of aliphatic carboxylic acids is 1. The summed E-state index contributed by atoms with van der Waals surface area (Å²) in [6, 6.07) is 7.52. The van der Waals surface area contributed by atoms with Crippen molar-refractivity contribution in [2.75, 3.05) is 45.3 Å². The third-order valence-corrected chi connectivity index (χ3v) is 6.06. The summed E-state index contributed by atoms with van der Waals surface area (Å²) in [7, 11) is 1.61. The molecule has 39 heavy (non-hydrogen) atoms. The maximum Gasteiger partial charge on any atom is 0.305 e. The van der Waals surface area contributed by atoms with Gasteiger partial charge in [0.1, 0.15) is 5.82 Å². The van der Waals surface area contributed by atoms with Gasteiger partial charge in [-0.2, -0.15) is 0 Å². The topological polar surface area (TPSA) is 161 Å². The molecule has 0 aliphatic carbocycles. The van der Waals surface area contributed by atoms with Crippen LogP contribution in [0.25, 0.3) is 22.6 Å². The monoisotopic (exact) mass is 542 g/mol. The molecule has 1 aliphatic heterocycles. The van der Waals surface area contributed by atoms with Crippen LogP contribution >= 0.6 is 0 Å². The second-order valence-electron chi connectivity index (χ2n) is 9.31. The maximum absolute atomic E-state index is 13.6. The van der Waals surface area contributed by atoms with E-state index in [1.165, 1.54) is 18.3 Å². The predicted octanol–water partition coefficient (Wildman–Crippen LogP) is 2.76. The maximum atomic E-state index is 13.6. The predicted molar refractivity (Wildman–Crippen MR) is 138 cm³/mol. The van der Waals surface area contributed by atoms with Crippen molar-refractivity contribution >= 4 is 17.8 Å². The summed E-state index contributed by atoms with van der Waals surface area (Å²) in [4.78, 5) is 40.1. The number of imidazole rings is 1. The molecule has 0 atom stereocenters.